The summed E-state index contributed by atoms with van der Waals surface area (Å²) < 4.78 is 0. The van der Waals surface area contributed by atoms with Gasteiger partial charge in [-0.15, -0.1) is 0 Å². The second kappa shape index (κ2) is 11.3. The van der Waals surface area contributed by atoms with Gasteiger partial charge in [0.15, 0.2) is 0 Å². The Morgan fingerprint density at radius 3 is 1.00 bits per heavy atom. The molecule has 0 unspecified atom stereocenters. The molecule has 0 aliphatic rings. The van der Waals surface area contributed by atoms with E-state index in [9.17, 15) is 9.59 Å². The summed E-state index contributed by atoms with van der Waals surface area (Å²) in [4.78, 5) is 21.5. The molecule has 0 aliphatic carbocycles. The van der Waals surface area contributed by atoms with Crippen LogP contribution < -0.4 is 11.5 Å². The van der Waals surface area contributed by atoms with E-state index in [0.29, 0.717) is 12.8 Å². The maximum absolute atomic E-state index is 10.7. The number of carbonyl (C=O) groups excluding carboxylic acids is 2. The molecule has 0 bridgehead atoms. The Hall–Kier alpha value is -4.18. The van der Waals surface area contributed by atoms with Gasteiger partial charge in [-0.25, -0.2) is 0 Å². The number of primary amides is 2. The third kappa shape index (κ3) is 6.96. The maximum Gasteiger partial charge on any atom is 0.221 e. The minimum Gasteiger partial charge on any atom is -0.369 e. The molecule has 0 spiro atoms. The van der Waals surface area contributed by atoms with Crippen LogP contribution in [0.15, 0.2) is 109 Å². The topological polar surface area (TPSA) is 86.2 Å². The number of rotatable bonds is 6. The van der Waals surface area contributed by atoms with Crippen molar-refractivity contribution in [3.05, 3.63) is 120 Å². The SMILES string of the molecule is NC(=O)Cc1ccc(-c2ccccc2)cc1.NC(=O)Cc1ccc(-c2ccccc2)cc1. The van der Waals surface area contributed by atoms with Crippen molar-refractivity contribution in [2.24, 2.45) is 11.5 Å². The zero-order valence-corrected chi connectivity index (χ0v) is 17.8. The van der Waals surface area contributed by atoms with Gasteiger partial charge in [0.1, 0.15) is 0 Å². The van der Waals surface area contributed by atoms with Gasteiger partial charge in [0.05, 0.1) is 12.8 Å². The standard InChI is InChI=1S/2C14H13NO/c2*15-14(16)10-11-6-8-13(9-7-11)12-4-2-1-3-5-12/h2*1-9H,10H2,(H2,15,16). The van der Waals surface area contributed by atoms with Crippen LogP contribution in [0.2, 0.25) is 0 Å². The number of hydrogen-bond acceptors (Lipinski definition) is 2. The minimum absolute atomic E-state index is 0.299. The van der Waals surface area contributed by atoms with Gasteiger partial charge in [0, 0.05) is 0 Å². The monoisotopic (exact) mass is 422 g/mol. The lowest BCUT2D eigenvalue weighted by atomic mass is 10.0. The highest BCUT2D eigenvalue weighted by atomic mass is 16.1. The zero-order chi connectivity index (χ0) is 22.8. The van der Waals surface area contributed by atoms with Crippen molar-refractivity contribution < 1.29 is 9.59 Å². The molecule has 160 valence electrons. The van der Waals surface area contributed by atoms with Crippen molar-refractivity contribution in [2.45, 2.75) is 12.8 Å². The lowest BCUT2D eigenvalue weighted by molar-refractivity contribution is -0.118. The van der Waals surface area contributed by atoms with E-state index in [1.165, 1.54) is 11.1 Å². The zero-order valence-electron chi connectivity index (χ0n) is 17.8. The summed E-state index contributed by atoms with van der Waals surface area (Å²) in [5.74, 6) is -0.597. The molecule has 2 amide bonds. The second-order valence-electron chi connectivity index (χ2n) is 7.41. The Balaban J connectivity index is 0.000000181. The summed E-state index contributed by atoms with van der Waals surface area (Å²) in [5.41, 5.74) is 16.8. The Morgan fingerprint density at radius 1 is 0.438 bits per heavy atom. The quantitative estimate of drug-likeness (QED) is 0.469. The van der Waals surface area contributed by atoms with E-state index in [4.69, 9.17) is 11.5 Å². The Bertz CT molecular complexity index is 1040. The molecular weight excluding hydrogens is 396 g/mol. The molecule has 0 atom stereocenters. The van der Waals surface area contributed by atoms with Gasteiger partial charge in [-0.3, -0.25) is 9.59 Å². The molecule has 4 N–H and O–H groups in total. The fraction of sp³-hybridized carbons (Fsp3) is 0.0714. The molecule has 0 radical (unpaired) electrons. The molecule has 4 aromatic rings. The highest BCUT2D eigenvalue weighted by Crippen LogP contribution is 2.20. The van der Waals surface area contributed by atoms with Crippen LogP contribution in [0.25, 0.3) is 22.3 Å². The number of amides is 2. The fourth-order valence-electron chi connectivity index (χ4n) is 3.29. The van der Waals surface area contributed by atoms with E-state index in [2.05, 4.69) is 24.3 Å². The third-order valence-electron chi connectivity index (χ3n) is 4.88. The highest BCUT2D eigenvalue weighted by molar-refractivity contribution is 5.77. The largest absolute Gasteiger partial charge is 0.369 e. The molecular formula is C28H26N2O2. The summed E-state index contributed by atoms with van der Waals surface area (Å²) in [7, 11) is 0. The van der Waals surface area contributed by atoms with E-state index < -0.39 is 0 Å². The first-order valence-electron chi connectivity index (χ1n) is 10.4. The van der Waals surface area contributed by atoms with E-state index in [1.807, 2.05) is 84.9 Å². The second-order valence-corrected chi connectivity index (χ2v) is 7.41. The number of carbonyl (C=O) groups is 2. The van der Waals surface area contributed by atoms with Gasteiger partial charge >= 0.3 is 0 Å². The van der Waals surface area contributed by atoms with Gasteiger partial charge in [-0.2, -0.15) is 0 Å². The van der Waals surface area contributed by atoms with E-state index >= 15 is 0 Å². The molecule has 4 rings (SSSR count). The molecule has 0 heterocycles. The smallest absolute Gasteiger partial charge is 0.221 e. The molecule has 0 aromatic heterocycles. The summed E-state index contributed by atoms with van der Waals surface area (Å²) >= 11 is 0. The summed E-state index contributed by atoms with van der Waals surface area (Å²) in [6, 6.07) is 36.0. The molecule has 0 fully saturated rings. The minimum atomic E-state index is -0.299. The van der Waals surface area contributed by atoms with Crippen molar-refractivity contribution in [1.29, 1.82) is 0 Å². The molecule has 0 saturated heterocycles. The van der Waals surface area contributed by atoms with Crippen LogP contribution in [0, 0.1) is 0 Å². The predicted molar refractivity (Wildman–Crippen MR) is 130 cm³/mol. The molecule has 4 nitrogen and oxygen atoms in total. The molecule has 4 heteroatoms. The van der Waals surface area contributed by atoms with E-state index in [-0.39, 0.29) is 11.8 Å². The maximum atomic E-state index is 10.7. The first-order valence-corrected chi connectivity index (χ1v) is 10.4. The van der Waals surface area contributed by atoms with Crippen LogP contribution in [0.4, 0.5) is 0 Å². The Kier molecular flexibility index (Phi) is 7.93. The van der Waals surface area contributed by atoms with E-state index in [0.717, 1.165) is 22.3 Å². The first-order chi connectivity index (χ1) is 15.5. The first kappa shape index (κ1) is 22.5. The summed E-state index contributed by atoms with van der Waals surface area (Å²) in [5, 5.41) is 0. The number of nitrogens with two attached hydrogens (primary N) is 2. The lowest BCUT2D eigenvalue weighted by Gasteiger charge is -2.02. The van der Waals surface area contributed by atoms with Crippen LogP contribution in [-0.4, -0.2) is 11.8 Å². The van der Waals surface area contributed by atoms with Crippen LogP contribution in [0.1, 0.15) is 11.1 Å². The van der Waals surface area contributed by atoms with Crippen molar-refractivity contribution in [3.8, 4) is 22.3 Å². The molecule has 0 aliphatic heterocycles. The van der Waals surface area contributed by atoms with Gasteiger partial charge in [-0.05, 0) is 33.4 Å². The highest BCUT2D eigenvalue weighted by Gasteiger charge is 2.01. The van der Waals surface area contributed by atoms with Crippen molar-refractivity contribution in [2.75, 3.05) is 0 Å². The van der Waals surface area contributed by atoms with Gasteiger partial charge < -0.3 is 11.5 Å². The normalized spacial score (nSPS) is 10.0. The van der Waals surface area contributed by atoms with Crippen molar-refractivity contribution in [3.63, 3.8) is 0 Å². The van der Waals surface area contributed by atoms with Crippen molar-refractivity contribution in [1.82, 2.24) is 0 Å². The van der Waals surface area contributed by atoms with Crippen LogP contribution in [0.3, 0.4) is 0 Å². The van der Waals surface area contributed by atoms with Gasteiger partial charge in [0.25, 0.3) is 0 Å². The Morgan fingerprint density at radius 2 is 0.719 bits per heavy atom. The average Bonchev–Trinajstić information content (AvgIpc) is 2.81. The fourth-order valence-corrected chi connectivity index (χ4v) is 3.29. The Labute approximate surface area is 188 Å². The van der Waals surface area contributed by atoms with Crippen LogP contribution in [-0.2, 0) is 22.4 Å². The molecule has 4 aromatic carbocycles. The van der Waals surface area contributed by atoms with Crippen LogP contribution in [0.5, 0.6) is 0 Å². The van der Waals surface area contributed by atoms with E-state index in [1.54, 1.807) is 0 Å². The van der Waals surface area contributed by atoms with Gasteiger partial charge in [0.2, 0.25) is 11.8 Å². The molecule has 32 heavy (non-hydrogen) atoms. The molecule has 0 saturated carbocycles. The lowest BCUT2D eigenvalue weighted by Crippen LogP contribution is -2.13. The van der Waals surface area contributed by atoms with Crippen molar-refractivity contribution >= 4 is 11.8 Å². The summed E-state index contributed by atoms with van der Waals surface area (Å²) in [6.45, 7) is 0. The number of hydrogen-bond donors (Lipinski definition) is 2. The average molecular weight is 423 g/mol. The number of benzene rings is 4. The van der Waals surface area contributed by atoms with Gasteiger partial charge in [-0.1, -0.05) is 109 Å². The van der Waals surface area contributed by atoms with Crippen LogP contribution >= 0.6 is 0 Å². The summed E-state index contributed by atoms with van der Waals surface area (Å²) in [6.07, 6.45) is 0.601. The predicted octanol–water partition coefficient (Wildman–Crippen LogP) is 4.76. The third-order valence-corrected chi connectivity index (χ3v) is 4.88.